The van der Waals surface area contributed by atoms with Crippen molar-refractivity contribution in [3.63, 3.8) is 0 Å². The number of halogens is 1. The lowest BCUT2D eigenvalue weighted by Crippen LogP contribution is -2.31. The van der Waals surface area contributed by atoms with E-state index in [0.29, 0.717) is 6.61 Å². The molecule has 0 amide bonds. The summed E-state index contributed by atoms with van der Waals surface area (Å²) in [5.74, 6) is 0.0462. The summed E-state index contributed by atoms with van der Waals surface area (Å²) in [6.07, 6.45) is 3.67. The number of hydrogen-bond acceptors (Lipinski definition) is 3. The van der Waals surface area contributed by atoms with E-state index in [0.717, 1.165) is 17.8 Å². The zero-order valence-corrected chi connectivity index (χ0v) is 9.66. The first-order valence-corrected chi connectivity index (χ1v) is 5.59. The van der Waals surface area contributed by atoms with Crippen LogP contribution in [0.1, 0.15) is 20.3 Å². The molecule has 2 aliphatic rings. The lowest BCUT2D eigenvalue weighted by atomic mass is 9.74. The summed E-state index contributed by atoms with van der Waals surface area (Å²) in [7, 11) is 0. The minimum atomic E-state index is -0.873. The normalized spacial score (nSPS) is 37.5. The van der Waals surface area contributed by atoms with Crippen molar-refractivity contribution in [3.8, 4) is 0 Å². The van der Waals surface area contributed by atoms with Crippen molar-refractivity contribution in [1.29, 1.82) is 0 Å². The number of allylic oxidation sites excluding steroid dienone is 2. The second kappa shape index (κ2) is 4.18. The summed E-state index contributed by atoms with van der Waals surface area (Å²) in [5.41, 5.74) is 1.73. The molecule has 0 saturated carbocycles. The van der Waals surface area contributed by atoms with Gasteiger partial charge in [-0.15, -0.1) is 0 Å². The van der Waals surface area contributed by atoms with Crippen molar-refractivity contribution in [3.05, 3.63) is 23.5 Å². The van der Waals surface area contributed by atoms with Gasteiger partial charge in [-0.3, -0.25) is 0 Å². The fourth-order valence-electron chi connectivity index (χ4n) is 2.55. The minimum Gasteiger partial charge on any atom is -0.371 e. The van der Waals surface area contributed by atoms with Crippen LogP contribution in [0.2, 0.25) is 0 Å². The highest BCUT2D eigenvalue weighted by Gasteiger charge is 2.40. The Morgan fingerprint density at radius 3 is 3.12 bits per heavy atom. The van der Waals surface area contributed by atoms with E-state index >= 15 is 0 Å². The van der Waals surface area contributed by atoms with Gasteiger partial charge >= 0.3 is 0 Å². The highest BCUT2D eigenvalue weighted by Crippen LogP contribution is 2.44. The quantitative estimate of drug-likeness (QED) is 0.721. The smallest absolute Gasteiger partial charge is 0.144 e. The molecule has 1 aliphatic heterocycles. The van der Waals surface area contributed by atoms with Crippen LogP contribution in [0.25, 0.3) is 0 Å². The first-order valence-electron chi connectivity index (χ1n) is 5.59. The van der Waals surface area contributed by atoms with Gasteiger partial charge < -0.3 is 15.2 Å². The number of aliphatic hydroxyl groups excluding tert-OH is 1. The fourth-order valence-corrected chi connectivity index (χ4v) is 2.55. The molecular weight excluding hydrogens is 209 g/mol. The van der Waals surface area contributed by atoms with Gasteiger partial charge in [0.1, 0.15) is 13.0 Å². The van der Waals surface area contributed by atoms with Crippen LogP contribution in [-0.4, -0.2) is 24.7 Å². The average molecular weight is 227 g/mol. The second-order valence-corrected chi connectivity index (χ2v) is 4.90. The summed E-state index contributed by atoms with van der Waals surface area (Å²) in [5, 5.41) is 11.7. The van der Waals surface area contributed by atoms with E-state index in [2.05, 4.69) is 18.3 Å². The van der Waals surface area contributed by atoms with E-state index < -0.39 is 6.17 Å². The van der Waals surface area contributed by atoms with Crippen molar-refractivity contribution in [2.75, 3.05) is 13.4 Å². The molecule has 0 aromatic rings. The third-order valence-electron chi connectivity index (χ3n) is 3.37. The maximum atomic E-state index is 13.6. The second-order valence-electron chi connectivity index (χ2n) is 4.90. The highest BCUT2D eigenvalue weighted by molar-refractivity contribution is 5.35. The Balaban J connectivity index is 2.14. The van der Waals surface area contributed by atoms with Crippen LogP contribution in [-0.2, 0) is 4.74 Å². The molecule has 3 nitrogen and oxygen atoms in total. The van der Waals surface area contributed by atoms with Crippen LogP contribution in [0.4, 0.5) is 4.39 Å². The van der Waals surface area contributed by atoms with E-state index in [9.17, 15) is 4.39 Å². The zero-order chi connectivity index (χ0) is 11.8. The molecule has 2 N–H and O–H groups in total. The largest absolute Gasteiger partial charge is 0.371 e. The van der Waals surface area contributed by atoms with Gasteiger partial charge in [0, 0.05) is 16.8 Å². The van der Waals surface area contributed by atoms with Crippen molar-refractivity contribution in [1.82, 2.24) is 5.32 Å². The molecule has 0 bridgehead atoms. The maximum absolute atomic E-state index is 13.6. The molecule has 2 unspecified atom stereocenters. The summed E-state index contributed by atoms with van der Waals surface area (Å²) in [6, 6.07) is 0. The molecule has 0 aromatic carbocycles. The summed E-state index contributed by atoms with van der Waals surface area (Å²) in [6.45, 7) is 4.07. The number of rotatable bonds is 3. The Bertz CT molecular complexity index is 340. The lowest BCUT2D eigenvalue weighted by molar-refractivity contribution is 0.00897. The first kappa shape index (κ1) is 11.6. The van der Waals surface area contributed by atoms with Crippen molar-refractivity contribution < 1.29 is 14.2 Å². The predicted molar refractivity (Wildman–Crippen MR) is 59.1 cm³/mol. The molecule has 0 spiro atoms. The van der Waals surface area contributed by atoms with Crippen molar-refractivity contribution in [2.45, 2.75) is 26.4 Å². The molecule has 90 valence electrons. The van der Waals surface area contributed by atoms with E-state index in [1.165, 1.54) is 0 Å². The van der Waals surface area contributed by atoms with E-state index in [4.69, 9.17) is 9.84 Å². The zero-order valence-electron chi connectivity index (χ0n) is 9.66. The number of alkyl halides is 1. The van der Waals surface area contributed by atoms with Gasteiger partial charge in [-0.2, -0.15) is 0 Å². The molecular formula is C12H18FNO2. The minimum absolute atomic E-state index is 0.0462. The Hall–Kier alpha value is -0.870. The van der Waals surface area contributed by atoms with Crippen LogP contribution >= 0.6 is 0 Å². The predicted octanol–water partition coefficient (Wildman–Crippen LogP) is 1.71. The number of hydrogen-bond donors (Lipinski definition) is 2. The molecule has 2 rings (SSSR count). The van der Waals surface area contributed by atoms with Gasteiger partial charge in [0.2, 0.25) is 0 Å². The van der Waals surface area contributed by atoms with Gasteiger partial charge in [-0.05, 0) is 18.4 Å². The number of ether oxygens (including phenoxy) is 1. The van der Waals surface area contributed by atoms with Gasteiger partial charge in [0.15, 0.2) is 0 Å². The van der Waals surface area contributed by atoms with Crippen molar-refractivity contribution in [2.24, 2.45) is 11.3 Å². The van der Waals surface area contributed by atoms with Gasteiger partial charge in [0.25, 0.3) is 0 Å². The fraction of sp³-hybridized carbons (Fsp3) is 0.667. The average Bonchev–Trinajstić information content (AvgIpc) is 2.52. The first-order chi connectivity index (χ1) is 7.55. The molecule has 3 atom stereocenters. The molecule has 0 saturated heterocycles. The lowest BCUT2D eigenvalue weighted by Gasteiger charge is -2.33. The standard InChI is InChI=1S/C12H18FNO2/c1-8-4-12(2)5-9(6-16-7-15)14-11(12)3-10(8)13/h3,5,8,10,14-15H,4,6-7H2,1-2H3/t8?,10?,12-/m1/s1. The maximum Gasteiger partial charge on any atom is 0.144 e. The monoisotopic (exact) mass is 227 g/mol. The van der Waals surface area contributed by atoms with Gasteiger partial charge in [0.05, 0.1) is 6.61 Å². The van der Waals surface area contributed by atoms with Crippen molar-refractivity contribution >= 4 is 0 Å². The number of aliphatic hydroxyl groups is 1. The highest BCUT2D eigenvalue weighted by atomic mass is 19.1. The molecule has 1 heterocycles. The third-order valence-corrected chi connectivity index (χ3v) is 3.37. The van der Waals surface area contributed by atoms with Gasteiger partial charge in [-0.25, -0.2) is 4.39 Å². The van der Waals surface area contributed by atoms with E-state index in [-0.39, 0.29) is 18.1 Å². The van der Waals surface area contributed by atoms with Crippen LogP contribution in [0.3, 0.4) is 0 Å². The molecule has 0 aromatic heterocycles. The van der Waals surface area contributed by atoms with E-state index in [1.54, 1.807) is 6.08 Å². The Morgan fingerprint density at radius 2 is 2.44 bits per heavy atom. The molecule has 4 heteroatoms. The SMILES string of the molecule is CC1C[C@]2(C)C=C(COCO)NC2=CC1F. The van der Waals surface area contributed by atoms with Crippen LogP contribution < -0.4 is 5.32 Å². The number of fused-ring (bicyclic) bond motifs is 1. The Morgan fingerprint density at radius 1 is 1.69 bits per heavy atom. The molecule has 0 radical (unpaired) electrons. The topological polar surface area (TPSA) is 41.5 Å². The van der Waals surface area contributed by atoms with Gasteiger partial charge in [-0.1, -0.05) is 19.9 Å². The molecule has 0 fully saturated rings. The Labute approximate surface area is 95.0 Å². The van der Waals surface area contributed by atoms with Crippen LogP contribution in [0.15, 0.2) is 23.5 Å². The summed E-state index contributed by atoms with van der Waals surface area (Å²) < 4.78 is 18.5. The molecule has 16 heavy (non-hydrogen) atoms. The third kappa shape index (κ3) is 1.99. The van der Waals surface area contributed by atoms with Crippen LogP contribution in [0.5, 0.6) is 0 Å². The summed E-state index contributed by atoms with van der Waals surface area (Å²) >= 11 is 0. The molecule has 1 aliphatic carbocycles. The summed E-state index contributed by atoms with van der Waals surface area (Å²) in [4.78, 5) is 0. The Kier molecular flexibility index (Phi) is 3.04. The number of nitrogens with one attached hydrogen (secondary N) is 1. The van der Waals surface area contributed by atoms with E-state index in [1.807, 2.05) is 6.92 Å². The van der Waals surface area contributed by atoms with Crippen LogP contribution in [0, 0.1) is 11.3 Å².